The molecule has 14 heavy (non-hydrogen) atoms. The van der Waals surface area contributed by atoms with Crippen LogP contribution >= 0.6 is 0 Å². The molecule has 4 heteroatoms. The molecule has 0 amide bonds. The van der Waals surface area contributed by atoms with Gasteiger partial charge in [0.25, 0.3) is 0 Å². The summed E-state index contributed by atoms with van der Waals surface area (Å²) < 4.78 is 0. The summed E-state index contributed by atoms with van der Waals surface area (Å²) in [5.74, 6) is -0.463. The van der Waals surface area contributed by atoms with Gasteiger partial charge in [-0.3, -0.25) is 4.79 Å². The number of hydrogen-bond donors (Lipinski definition) is 2. The molecular formula is C10H19NO3. The summed E-state index contributed by atoms with van der Waals surface area (Å²) in [5, 5.41) is 18.2. The maximum absolute atomic E-state index is 10.5. The fourth-order valence-corrected chi connectivity index (χ4v) is 2.02. The lowest BCUT2D eigenvalue weighted by atomic mass is 10.1. The number of aliphatic carboxylic acids is 1. The molecule has 0 aromatic heterocycles. The van der Waals surface area contributed by atoms with Crippen molar-refractivity contribution in [3.63, 3.8) is 0 Å². The molecule has 0 saturated carbocycles. The highest BCUT2D eigenvalue weighted by Gasteiger charge is 2.27. The van der Waals surface area contributed by atoms with E-state index in [0.29, 0.717) is 6.54 Å². The van der Waals surface area contributed by atoms with E-state index in [1.807, 2.05) is 0 Å². The van der Waals surface area contributed by atoms with Crippen molar-refractivity contribution in [1.82, 2.24) is 4.90 Å². The van der Waals surface area contributed by atoms with E-state index in [-0.39, 0.29) is 12.3 Å². The Labute approximate surface area is 84.5 Å². The second-order valence-electron chi connectivity index (χ2n) is 4.80. The minimum Gasteiger partial charge on any atom is -0.481 e. The first-order valence-corrected chi connectivity index (χ1v) is 5.03. The Morgan fingerprint density at radius 2 is 2.21 bits per heavy atom. The van der Waals surface area contributed by atoms with Crippen LogP contribution in [-0.2, 0) is 4.79 Å². The van der Waals surface area contributed by atoms with Gasteiger partial charge in [-0.2, -0.15) is 0 Å². The van der Waals surface area contributed by atoms with Gasteiger partial charge in [-0.25, -0.2) is 0 Å². The zero-order valence-electron chi connectivity index (χ0n) is 8.86. The predicted molar refractivity (Wildman–Crippen MR) is 53.1 cm³/mol. The van der Waals surface area contributed by atoms with Crippen LogP contribution in [0.5, 0.6) is 0 Å². The van der Waals surface area contributed by atoms with E-state index in [4.69, 9.17) is 5.11 Å². The number of carboxylic acids is 1. The summed E-state index contributed by atoms with van der Waals surface area (Å²) in [6.45, 7) is 5.89. The highest BCUT2D eigenvalue weighted by Crippen LogP contribution is 2.21. The first kappa shape index (κ1) is 11.5. The molecule has 1 fully saturated rings. The Morgan fingerprint density at radius 3 is 2.71 bits per heavy atom. The van der Waals surface area contributed by atoms with Crippen LogP contribution in [0.25, 0.3) is 0 Å². The maximum atomic E-state index is 10.5. The van der Waals surface area contributed by atoms with Crippen molar-refractivity contribution < 1.29 is 15.0 Å². The summed E-state index contributed by atoms with van der Waals surface area (Å²) >= 11 is 0. The van der Waals surface area contributed by atoms with Crippen LogP contribution in [0.3, 0.4) is 0 Å². The lowest BCUT2D eigenvalue weighted by Gasteiger charge is -2.24. The fourth-order valence-electron chi connectivity index (χ4n) is 2.02. The van der Waals surface area contributed by atoms with Crippen molar-refractivity contribution in [2.24, 2.45) is 5.92 Å². The number of aliphatic hydroxyl groups is 1. The Balaban J connectivity index is 2.31. The Bertz CT molecular complexity index is 210. The molecule has 1 aliphatic heterocycles. The molecule has 0 radical (unpaired) electrons. The molecule has 82 valence electrons. The normalized spacial score (nSPS) is 24.1. The monoisotopic (exact) mass is 201 g/mol. The largest absolute Gasteiger partial charge is 0.481 e. The van der Waals surface area contributed by atoms with Crippen molar-refractivity contribution >= 4 is 5.97 Å². The number of nitrogens with zero attached hydrogens (tertiary/aromatic N) is 1. The average Bonchev–Trinajstić information content (AvgIpc) is 2.30. The number of likely N-dealkylation sites (tertiary alicyclic amines) is 1. The Morgan fingerprint density at radius 1 is 1.57 bits per heavy atom. The first-order chi connectivity index (χ1) is 6.37. The van der Waals surface area contributed by atoms with E-state index in [1.54, 1.807) is 13.8 Å². The molecule has 0 aliphatic carbocycles. The van der Waals surface area contributed by atoms with Gasteiger partial charge in [0.2, 0.25) is 0 Å². The van der Waals surface area contributed by atoms with Gasteiger partial charge in [0.15, 0.2) is 0 Å². The molecule has 1 atom stereocenters. The van der Waals surface area contributed by atoms with Crippen LogP contribution < -0.4 is 0 Å². The number of hydrogen-bond acceptors (Lipinski definition) is 3. The Kier molecular flexibility index (Phi) is 3.50. The third-order valence-corrected chi connectivity index (χ3v) is 2.44. The quantitative estimate of drug-likeness (QED) is 0.697. The highest BCUT2D eigenvalue weighted by molar-refractivity contribution is 5.67. The smallest absolute Gasteiger partial charge is 0.303 e. The van der Waals surface area contributed by atoms with E-state index < -0.39 is 11.6 Å². The molecule has 0 aromatic carbocycles. The molecule has 0 spiro atoms. The molecule has 4 nitrogen and oxygen atoms in total. The van der Waals surface area contributed by atoms with Crippen molar-refractivity contribution in [1.29, 1.82) is 0 Å². The average molecular weight is 201 g/mol. The zero-order chi connectivity index (χ0) is 10.8. The molecule has 0 bridgehead atoms. The molecular weight excluding hydrogens is 182 g/mol. The van der Waals surface area contributed by atoms with Gasteiger partial charge in [-0.15, -0.1) is 0 Å². The fraction of sp³-hybridized carbons (Fsp3) is 0.900. The van der Waals surface area contributed by atoms with Gasteiger partial charge < -0.3 is 15.1 Å². The van der Waals surface area contributed by atoms with Crippen LogP contribution in [0, 0.1) is 5.92 Å². The van der Waals surface area contributed by atoms with Gasteiger partial charge in [0.05, 0.1) is 5.60 Å². The first-order valence-electron chi connectivity index (χ1n) is 5.03. The summed E-state index contributed by atoms with van der Waals surface area (Å²) in [6.07, 6.45) is 1.19. The summed E-state index contributed by atoms with van der Waals surface area (Å²) in [7, 11) is 0. The van der Waals surface area contributed by atoms with Crippen molar-refractivity contribution in [2.45, 2.75) is 32.3 Å². The van der Waals surface area contributed by atoms with E-state index >= 15 is 0 Å². The number of β-amino-alcohol motifs (C(OH)–C–C–N with tert-alkyl or cyclic N) is 1. The van der Waals surface area contributed by atoms with Gasteiger partial charge >= 0.3 is 5.97 Å². The summed E-state index contributed by atoms with van der Waals surface area (Å²) in [6, 6.07) is 0. The molecule has 1 rings (SSSR count). The third-order valence-electron chi connectivity index (χ3n) is 2.44. The zero-order valence-corrected chi connectivity index (χ0v) is 8.86. The topological polar surface area (TPSA) is 60.8 Å². The van der Waals surface area contributed by atoms with Crippen molar-refractivity contribution in [3.8, 4) is 0 Å². The SMILES string of the molecule is CC(C)(O)CN1CCC(CC(=O)O)C1. The van der Waals surface area contributed by atoms with Gasteiger partial charge in [0, 0.05) is 19.5 Å². The predicted octanol–water partition coefficient (Wildman–Crippen LogP) is 0.554. The lowest BCUT2D eigenvalue weighted by Crippen LogP contribution is -2.37. The van der Waals surface area contributed by atoms with Crippen LogP contribution in [-0.4, -0.2) is 46.3 Å². The van der Waals surface area contributed by atoms with E-state index in [0.717, 1.165) is 19.5 Å². The van der Waals surface area contributed by atoms with Crippen LogP contribution in [0.15, 0.2) is 0 Å². The van der Waals surface area contributed by atoms with E-state index in [9.17, 15) is 9.90 Å². The molecule has 0 aromatic rings. The Hall–Kier alpha value is -0.610. The number of rotatable bonds is 4. The van der Waals surface area contributed by atoms with Crippen LogP contribution in [0.4, 0.5) is 0 Å². The molecule has 1 aliphatic rings. The van der Waals surface area contributed by atoms with E-state index in [1.165, 1.54) is 0 Å². The van der Waals surface area contributed by atoms with Crippen molar-refractivity contribution in [3.05, 3.63) is 0 Å². The number of carbonyl (C=O) groups is 1. The minimum absolute atomic E-state index is 0.252. The third kappa shape index (κ3) is 4.07. The van der Waals surface area contributed by atoms with Gasteiger partial charge in [-0.05, 0) is 32.7 Å². The summed E-state index contributed by atoms with van der Waals surface area (Å²) in [4.78, 5) is 12.6. The standard InChI is InChI=1S/C10H19NO3/c1-10(2,14)7-11-4-3-8(6-11)5-9(12)13/h8,14H,3-7H2,1-2H3,(H,12,13). The molecule has 1 heterocycles. The molecule has 1 unspecified atom stereocenters. The second-order valence-corrected chi connectivity index (χ2v) is 4.80. The van der Waals surface area contributed by atoms with Crippen molar-refractivity contribution in [2.75, 3.05) is 19.6 Å². The lowest BCUT2D eigenvalue weighted by molar-refractivity contribution is -0.138. The second kappa shape index (κ2) is 4.28. The van der Waals surface area contributed by atoms with E-state index in [2.05, 4.69) is 4.90 Å². The highest BCUT2D eigenvalue weighted by atomic mass is 16.4. The number of carboxylic acid groups (broad SMARTS) is 1. The minimum atomic E-state index is -0.722. The van der Waals surface area contributed by atoms with Crippen LogP contribution in [0.1, 0.15) is 26.7 Å². The van der Waals surface area contributed by atoms with Gasteiger partial charge in [-0.1, -0.05) is 0 Å². The summed E-state index contributed by atoms with van der Waals surface area (Å²) in [5.41, 5.74) is -0.682. The molecule has 1 saturated heterocycles. The molecule has 2 N–H and O–H groups in total. The van der Waals surface area contributed by atoms with Crippen LogP contribution in [0.2, 0.25) is 0 Å². The van der Waals surface area contributed by atoms with Gasteiger partial charge in [0.1, 0.15) is 0 Å². The maximum Gasteiger partial charge on any atom is 0.303 e.